The fourth-order valence-corrected chi connectivity index (χ4v) is 4.94. The van der Waals surface area contributed by atoms with Crippen molar-refractivity contribution in [2.24, 2.45) is 11.3 Å². The summed E-state index contributed by atoms with van der Waals surface area (Å²) in [6.45, 7) is 0.974. The molecule has 0 radical (unpaired) electrons. The van der Waals surface area contributed by atoms with E-state index in [1.165, 1.54) is 37.7 Å². The fourth-order valence-electron chi connectivity index (χ4n) is 4.94. The van der Waals surface area contributed by atoms with Crippen LogP contribution in [0.25, 0.3) is 0 Å². The summed E-state index contributed by atoms with van der Waals surface area (Å²) in [5, 5.41) is 2.34. The van der Waals surface area contributed by atoms with E-state index in [1.807, 2.05) is 0 Å². The number of hydrogen-bond acceptors (Lipinski definition) is 2. The maximum absolute atomic E-state index is 6.41. The Kier molecular flexibility index (Phi) is 1.66. The highest BCUT2D eigenvalue weighted by Gasteiger charge is 2.82. The minimum Gasteiger partial charge on any atom is -0.291 e. The predicted octanol–water partition coefficient (Wildman–Crippen LogP) is 3.14. The van der Waals surface area contributed by atoms with E-state index in [-0.39, 0.29) is 5.60 Å². The first-order valence-corrected chi connectivity index (χ1v) is 7.34. The molecule has 0 unspecified atom stereocenters. The smallest absolute Gasteiger partial charge is 0.0976 e. The largest absolute Gasteiger partial charge is 0.291 e. The normalized spacial score (nSPS) is 42.9. The Balaban J connectivity index is 1.46. The number of benzene rings is 1. The third-order valence-corrected chi connectivity index (χ3v) is 5.91. The fraction of sp³-hybridized carbons (Fsp3) is 0.625. The van der Waals surface area contributed by atoms with E-state index in [2.05, 4.69) is 35.4 Å². The van der Waals surface area contributed by atoms with Crippen molar-refractivity contribution < 1.29 is 4.84 Å². The van der Waals surface area contributed by atoms with Crippen LogP contribution in [-0.4, -0.2) is 16.7 Å². The van der Waals surface area contributed by atoms with Gasteiger partial charge in [-0.05, 0) is 43.6 Å². The van der Waals surface area contributed by atoms with Crippen molar-refractivity contribution in [1.82, 2.24) is 5.06 Å². The summed E-state index contributed by atoms with van der Waals surface area (Å²) in [4.78, 5) is 6.41. The van der Waals surface area contributed by atoms with Gasteiger partial charge in [0.05, 0.1) is 5.60 Å². The highest BCUT2D eigenvalue weighted by atomic mass is 16.7. The number of rotatable bonds is 2. The van der Waals surface area contributed by atoms with E-state index < -0.39 is 0 Å². The Bertz CT molecular complexity index is 495. The monoisotopic (exact) mass is 241 g/mol. The van der Waals surface area contributed by atoms with Crippen LogP contribution in [0.2, 0.25) is 0 Å². The number of hydrogen-bond donors (Lipinski definition) is 0. The molecule has 1 aliphatic heterocycles. The van der Waals surface area contributed by atoms with Crippen molar-refractivity contribution in [2.75, 3.05) is 0 Å². The summed E-state index contributed by atoms with van der Waals surface area (Å²) >= 11 is 0. The van der Waals surface area contributed by atoms with Gasteiger partial charge in [-0.25, -0.2) is 0 Å². The lowest BCUT2D eigenvalue weighted by Crippen LogP contribution is -2.31. The minimum absolute atomic E-state index is 0.285. The van der Waals surface area contributed by atoms with Gasteiger partial charge in [0.15, 0.2) is 0 Å². The second-order valence-electron chi connectivity index (χ2n) is 6.68. The first kappa shape index (κ1) is 9.99. The molecule has 2 heteroatoms. The zero-order valence-corrected chi connectivity index (χ0v) is 10.6. The molecule has 5 rings (SSSR count). The first-order chi connectivity index (χ1) is 8.84. The van der Waals surface area contributed by atoms with Crippen molar-refractivity contribution in [3.8, 4) is 0 Å². The summed E-state index contributed by atoms with van der Waals surface area (Å²) < 4.78 is 0. The minimum atomic E-state index is 0.285. The van der Waals surface area contributed by atoms with Crippen molar-refractivity contribution in [3.05, 3.63) is 35.9 Å². The number of nitrogens with zero attached hydrogens (tertiary/aromatic N) is 1. The number of hydroxylamine groups is 2. The molecule has 2 nitrogen and oxygen atoms in total. The molecule has 3 saturated carbocycles. The van der Waals surface area contributed by atoms with Crippen LogP contribution in [0.4, 0.5) is 0 Å². The highest BCUT2D eigenvalue weighted by Crippen LogP contribution is 2.80. The molecular weight excluding hydrogens is 222 g/mol. The Hall–Kier alpha value is -0.860. The second kappa shape index (κ2) is 3.00. The third-order valence-electron chi connectivity index (χ3n) is 5.91. The predicted molar refractivity (Wildman–Crippen MR) is 68.6 cm³/mol. The van der Waals surface area contributed by atoms with E-state index in [0.29, 0.717) is 11.5 Å². The molecule has 0 N–H and O–H groups in total. The van der Waals surface area contributed by atoms with Crippen molar-refractivity contribution in [1.29, 1.82) is 0 Å². The van der Waals surface area contributed by atoms with Gasteiger partial charge in [-0.1, -0.05) is 30.3 Å². The summed E-state index contributed by atoms with van der Waals surface area (Å²) in [6, 6.07) is 11.5. The summed E-state index contributed by atoms with van der Waals surface area (Å²) in [7, 11) is 0. The van der Waals surface area contributed by atoms with Gasteiger partial charge in [0.1, 0.15) is 0 Å². The van der Waals surface area contributed by atoms with E-state index in [4.69, 9.17) is 4.84 Å². The van der Waals surface area contributed by atoms with E-state index >= 15 is 0 Å². The van der Waals surface area contributed by atoms with Crippen LogP contribution >= 0.6 is 0 Å². The molecule has 18 heavy (non-hydrogen) atoms. The molecule has 4 fully saturated rings. The lowest BCUT2D eigenvalue weighted by molar-refractivity contribution is -0.182. The third kappa shape index (κ3) is 1.03. The molecule has 0 aromatic heterocycles. The topological polar surface area (TPSA) is 12.5 Å². The van der Waals surface area contributed by atoms with Crippen molar-refractivity contribution in [2.45, 2.75) is 50.3 Å². The molecular formula is C16H19NO. The van der Waals surface area contributed by atoms with E-state index in [9.17, 15) is 0 Å². The SMILES string of the molecule is c1ccc(CN2OC3(CC3)[C@]34C[C@@H]3CC[C@H]24)cc1. The molecule has 4 aliphatic rings. The first-order valence-electron chi connectivity index (χ1n) is 7.34. The molecule has 1 aromatic rings. The Labute approximate surface area is 108 Å². The quantitative estimate of drug-likeness (QED) is 0.788. The lowest BCUT2D eigenvalue weighted by Gasteiger charge is -2.22. The van der Waals surface area contributed by atoms with Gasteiger partial charge >= 0.3 is 0 Å². The van der Waals surface area contributed by atoms with Crippen molar-refractivity contribution >= 4 is 0 Å². The molecule has 3 atom stereocenters. The average molecular weight is 241 g/mol. The van der Waals surface area contributed by atoms with Gasteiger partial charge in [0, 0.05) is 18.0 Å². The van der Waals surface area contributed by atoms with Crippen LogP contribution in [0.5, 0.6) is 0 Å². The second-order valence-corrected chi connectivity index (χ2v) is 6.68. The summed E-state index contributed by atoms with van der Waals surface area (Å²) in [5.41, 5.74) is 2.25. The molecule has 3 aliphatic carbocycles. The Morgan fingerprint density at radius 1 is 1.17 bits per heavy atom. The van der Waals surface area contributed by atoms with Gasteiger partial charge in [-0.15, -0.1) is 0 Å². The highest BCUT2D eigenvalue weighted by molar-refractivity contribution is 5.30. The molecule has 0 amide bonds. The van der Waals surface area contributed by atoms with Gasteiger partial charge in [0.2, 0.25) is 0 Å². The van der Waals surface area contributed by atoms with Gasteiger partial charge in [-0.3, -0.25) is 4.84 Å². The zero-order valence-electron chi connectivity index (χ0n) is 10.6. The van der Waals surface area contributed by atoms with Crippen LogP contribution in [-0.2, 0) is 11.4 Å². The molecule has 0 bridgehead atoms. The van der Waals surface area contributed by atoms with Crippen LogP contribution in [0, 0.1) is 11.3 Å². The van der Waals surface area contributed by atoms with Gasteiger partial charge in [-0.2, -0.15) is 5.06 Å². The standard InChI is InChI=1S/C16H19NO/c1-2-4-12(5-3-1)11-17-14-7-6-13-10-16(13,14)15(18-17)8-9-15/h1-5,13-14H,6-11H2/t13-,14-,16+/m0/s1. The molecule has 1 heterocycles. The molecule has 1 aromatic carbocycles. The van der Waals surface area contributed by atoms with E-state index in [1.54, 1.807) is 0 Å². The molecule has 2 spiro atoms. The zero-order chi connectivity index (χ0) is 11.8. The average Bonchev–Trinajstić information content (AvgIpc) is 3.27. The Morgan fingerprint density at radius 2 is 2.00 bits per heavy atom. The van der Waals surface area contributed by atoms with E-state index in [0.717, 1.165) is 12.5 Å². The van der Waals surface area contributed by atoms with Crippen LogP contribution in [0.1, 0.15) is 37.7 Å². The molecule has 94 valence electrons. The summed E-state index contributed by atoms with van der Waals surface area (Å²) in [5.74, 6) is 0.991. The van der Waals surface area contributed by atoms with Crippen LogP contribution in [0.15, 0.2) is 30.3 Å². The van der Waals surface area contributed by atoms with Gasteiger partial charge < -0.3 is 0 Å². The van der Waals surface area contributed by atoms with Crippen molar-refractivity contribution in [3.63, 3.8) is 0 Å². The lowest BCUT2D eigenvalue weighted by atomic mass is 9.90. The Morgan fingerprint density at radius 3 is 2.72 bits per heavy atom. The maximum Gasteiger partial charge on any atom is 0.0976 e. The van der Waals surface area contributed by atoms with Crippen LogP contribution in [0.3, 0.4) is 0 Å². The van der Waals surface area contributed by atoms with Crippen LogP contribution < -0.4 is 0 Å². The molecule has 1 saturated heterocycles. The maximum atomic E-state index is 6.41. The summed E-state index contributed by atoms with van der Waals surface area (Å²) in [6.07, 6.45) is 6.87. The van der Waals surface area contributed by atoms with Gasteiger partial charge in [0.25, 0.3) is 0 Å².